The van der Waals surface area contributed by atoms with Crippen LogP contribution in [0, 0.1) is 5.92 Å². The average molecular weight is 288 g/mol. The zero-order valence-corrected chi connectivity index (χ0v) is 11.5. The van der Waals surface area contributed by atoms with Gasteiger partial charge >= 0.3 is 0 Å². The van der Waals surface area contributed by atoms with Gasteiger partial charge in [0, 0.05) is 27.3 Å². The van der Waals surface area contributed by atoms with Crippen molar-refractivity contribution in [2.24, 2.45) is 5.92 Å². The van der Waals surface area contributed by atoms with Crippen molar-refractivity contribution in [3.63, 3.8) is 0 Å². The van der Waals surface area contributed by atoms with E-state index in [1.807, 2.05) is 11.3 Å². The Morgan fingerprint density at radius 2 is 2.40 bits per heavy atom. The maximum Gasteiger partial charge on any atom is 0.0302 e. The summed E-state index contributed by atoms with van der Waals surface area (Å²) in [7, 11) is 0. The largest absolute Gasteiger partial charge is 0.309 e. The Bertz CT molecular complexity index is 306. The number of thiophene rings is 1. The maximum atomic E-state index is 3.60. The van der Waals surface area contributed by atoms with Crippen LogP contribution in [0.15, 0.2) is 15.9 Å². The van der Waals surface area contributed by atoms with Gasteiger partial charge in [0.05, 0.1) is 0 Å². The van der Waals surface area contributed by atoms with Gasteiger partial charge in [0.15, 0.2) is 0 Å². The normalized spacial score (nSPS) is 18.8. The van der Waals surface area contributed by atoms with Crippen LogP contribution < -0.4 is 5.32 Å². The zero-order chi connectivity index (χ0) is 10.7. The van der Waals surface area contributed by atoms with Crippen molar-refractivity contribution in [2.45, 2.75) is 45.2 Å². The van der Waals surface area contributed by atoms with Crippen LogP contribution in [0.1, 0.15) is 37.5 Å². The van der Waals surface area contributed by atoms with Crippen LogP contribution in [0.2, 0.25) is 0 Å². The fraction of sp³-hybridized carbons (Fsp3) is 0.667. The van der Waals surface area contributed by atoms with Gasteiger partial charge in [-0.3, -0.25) is 0 Å². The van der Waals surface area contributed by atoms with Gasteiger partial charge in [-0.15, -0.1) is 11.3 Å². The smallest absolute Gasteiger partial charge is 0.0302 e. The van der Waals surface area contributed by atoms with Crippen LogP contribution in [-0.4, -0.2) is 6.04 Å². The maximum absolute atomic E-state index is 3.60. The fourth-order valence-electron chi connectivity index (χ4n) is 2.03. The Kier molecular flexibility index (Phi) is 4.23. The fourth-order valence-corrected chi connectivity index (χ4v) is 3.44. The van der Waals surface area contributed by atoms with E-state index in [0.717, 1.165) is 12.5 Å². The summed E-state index contributed by atoms with van der Waals surface area (Å²) in [6, 6.07) is 2.87. The molecule has 0 amide bonds. The van der Waals surface area contributed by atoms with Crippen LogP contribution in [0.5, 0.6) is 0 Å². The quantitative estimate of drug-likeness (QED) is 0.857. The molecule has 1 atom stereocenters. The molecule has 0 aliphatic heterocycles. The Morgan fingerprint density at radius 3 is 2.93 bits per heavy atom. The molecule has 84 valence electrons. The van der Waals surface area contributed by atoms with Crippen LogP contribution in [0.3, 0.4) is 0 Å². The van der Waals surface area contributed by atoms with Crippen LogP contribution >= 0.6 is 27.3 Å². The molecule has 1 aliphatic carbocycles. The Balaban J connectivity index is 1.68. The monoisotopic (exact) mass is 287 g/mol. The third kappa shape index (κ3) is 3.58. The second kappa shape index (κ2) is 5.46. The number of rotatable bonds is 5. The molecule has 1 heterocycles. The van der Waals surface area contributed by atoms with Gasteiger partial charge in [-0.1, -0.05) is 19.3 Å². The Labute approximate surface area is 104 Å². The van der Waals surface area contributed by atoms with Crippen molar-refractivity contribution < 1.29 is 0 Å². The summed E-state index contributed by atoms with van der Waals surface area (Å²) in [4.78, 5) is 1.42. The highest BCUT2D eigenvalue weighted by Gasteiger charge is 2.19. The minimum Gasteiger partial charge on any atom is -0.309 e. The lowest BCUT2D eigenvalue weighted by atomic mass is 9.81. The molecular weight excluding hydrogens is 270 g/mol. The summed E-state index contributed by atoms with van der Waals surface area (Å²) in [5.74, 6) is 1.00. The predicted octanol–water partition coefficient (Wildman–Crippen LogP) is 4.18. The van der Waals surface area contributed by atoms with E-state index in [2.05, 4.69) is 39.6 Å². The predicted molar refractivity (Wildman–Crippen MR) is 70.3 cm³/mol. The molecule has 1 aromatic heterocycles. The second-order valence-electron chi connectivity index (χ2n) is 4.55. The number of halogens is 1. The number of nitrogens with one attached hydrogen (secondary N) is 1. The van der Waals surface area contributed by atoms with E-state index in [9.17, 15) is 0 Å². The first-order valence-electron chi connectivity index (χ1n) is 5.70. The molecule has 0 spiro atoms. The van der Waals surface area contributed by atoms with E-state index in [1.54, 1.807) is 0 Å². The van der Waals surface area contributed by atoms with E-state index in [-0.39, 0.29) is 0 Å². The van der Waals surface area contributed by atoms with Crippen molar-refractivity contribution in [1.29, 1.82) is 0 Å². The van der Waals surface area contributed by atoms with Crippen LogP contribution in [0.25, 0.3) is 0 Å². The average Bonchev–Trinajstić information content (AvgIpc) is 2.55. The zero-order valence-electron chi connectivity index (χ0n) is 9.13. The first-order valence-corrected chi connectivity index (χ1v) is 7.37. The molecule has 1 unspecified atom stereocenters. The lowest BCUT2D eigenvalue weighted by molar-refractivity contribution is 0.266. The van der Waals surface area contributed by atoms with E-state index < -0.39 is 0 Å². The van der Waals surface area contributed by atoms with Gasteiger partial charge in [0.1, 0.15) is 0 Å². The molecule has 0 aromatic carbocycles. The first kappa shape index (κ1) is 11.6. The van der Waals surface area contributed by atoms with Gasteiger partial charge in [-0.05, 0) is 41.3 Å². The van der Waals surface area contributed by atoms with Crippen molar-refractivity contribution in [3.8, 4) is 0 Å². The van der Waals surface area contributed by atoms with Crippen molar-refractivity contribution >= 4 is 27.3 Å². The minimum absolute atomic E-state index is 0.663. The molecule has 1 aromatic rings. The summed E-state index contributed by atoms with van der Waals surface area (Å²) in [5, 5.41) is 5.75. The summed E-state index contributed by atoms with van der Waals surface area (Å²) in [6.07, 6.45) is 5.72. The summed E-state index contributed by atoms with van der Waals surface area (Å²) in [5.41, 5.74) is 0. The molecule has 1 nitrogen and oxygen atoms in total. The molecule has 0 bridgehead atoms. The molecule has 0 saturated heterocycles. The van der Waals surface area contributed by atoms with Crippen LogP contribution in [-0.2, 0) is 6.54 Å². The molecule has 0 radical (unpaired) electrons. The molecule has 1 N–H and O–H groups in total. The highest BCUT2D eigenvalue weighted by molar-refractivity contribution is 9.10. The molecule has 15 heavy (non-hydrogen) atoms. The van der Waals surface area contributed by atoms with E-state index >= 15 is 0 Å². The molecular formula is C12H18BrNS. The highest BCUT2D eigenvalue weighted by Crippen LogP contribution is 2.30. The van der Waals surface area contributed by atoms with Crippen molar-refractivity contribution in [2.75, 3.05) is 0 Å². The van der Waals surface area contributed by atoms with Gasteiger partial charge in [-0.2, -0.15) is 0 Å². The van der Waals surface area contributed by atoms with E-state index in [4.69, 9.17) is 0 Å². The lowest BCUT2D eigenvalue weighted by Crippen LogP contribution is -2.29. The molecule has 3 heteroatoms. The lowest BCUT2D eigenvalue weighted by Gasteiger charge is -2.28. The van der Waals surface area contributed by atoms with Crippen molar-refractivity contribution in [3.05, 3.63) is 20.8 Å². The molecule has 1 fully saturated rings. The molecule has 1 saturated carbocycles. The third-order valence-electron chi connectivity index (χ3n) is 3.16. The Hall–Kier alpha value is 0.140. The van der Waals surface area contributed by atoms with Gasteiger partial charge in [0.2, 0.25) is 0 Å². The van der Waals surface area contributed by atoms with E-state index in [1.165, 1.54) is 35.0 Å². The summed E-state index contributed by atoms with van der Waals surface area (Å²) < 4.78 is 1.20. The second-order valence-corrected chi connectivity index (χ2v) is 6.46. The summed E-state index contributed by atoms with van der Waals surface area (Å²) in [6.45, 7) is 3.32. The molecule has 2 rings (SSSR count). The van der Waals surface area contributed by atoms with E-state index in [0.29, 0.717) is 6.04 Å². The summed E-state index contributed by atoms with van der Waals surface area (Å²) >= 11 is 5.30. The van der Waals surface area contributed by atoms with Crippen molar-refractivity contribution in [1.82, 2.24) is 5.32 Å². The minimum atomic E-state index is 0.663. The highest BCUT2D eigenvalue weighted by atomic mass is 79.9. The first-order chi connectivity index (χ1) is 7.24. The van der Waals surface area contributed by atoms with Crippen LogP contribution in [0.4, 0.5) is 0 Å². The standard InChI is InChI=1S/C12H18BrNS/c1-9(5-10-3-2-4-10)14-7-12-6-11(13)8-15-12/h6,8-10,14H,2-5,7H2,1H3. The number of hydrogen-bond acceptors (Lipinski definition) is 2. The third-order valence-corrected chi connectivity index (χ3v) is 4.86. The van der Waals surface area contributed by atoms with Gasteiger partial charge in [-0.25, -0.2) is 0 Å². The molecule has 1 aliphatic rings. The topological polar surface area (TPSA) is 12.0 Å². The van der Waals surface area contributed by atoms with Gasteiger partial charge in [0.25, 0.3) is 0 Å². The Morgan fingerprint density at radius 1 is 1.60 bits per heavy atom. The van der Waals surface area contributed by atoms with Gasteiger partial charge < -0.3 is 5.32 Å². The number of hydrogen-bond donors (Lipinski definition) is 1. The SMILES string of the molecule is CC(CC1CCC1)NCc1cc(Br)cs1.